The number of benzene rings is 2. The predicted molar refractivity (Wildman–Crippen MR) is 89.4 cm³/mol. The summed E-state index contributed by atoms with van der Waals surface area (Å²) in [6, 6.07) is 7.46. The standard InChI is InChI=1S/C18H14ClF4NO2/c19-12-6-11(18(21,22)23)7-13(8-12)24-5-4-10(9-24)14-2-1-3-15(16(14)20)17(25)26/h1-3,6-8,10H,4-5,9H2,(H,25,26). The highest BCUT2D eigenvalue weighted by Gasteiger charge is 2.33. The normalized spacial score (nSPS) is 17.6. The molecule has 1 aliphatic rings. The lowest BCUT2D eigenvalue weighted by Gasteiger charge is -2.21. The van der Waals surface area contributed by atoms with E-state index in [1.807, 2.05) is 0 Å². The smallest absolute Gasteiger partial charge is 0.416 e. The summed E-state index contributed by atoms with van der Waals surface area (Å²) in [5, 5.41) is 9.00. The van der Waals surface area contributed by atoms with E-state index in [1.165, 1.54) is 24.3 Å². The lowest BCUT2D eigenvalue weighted by molar-refractivity contribution is -0.137. The monoisotopic (exact) mass is 387 g/mol. The molecule has 1 aliphatic heterocycles. The van der Waals surface area contributed by atoms with E-state index in [0.29, 0.717) is 18.7 Å². The van der Waals surface area contributed by atoms with E-state index in [4.69, 9.17) is 16.7 Å². The first kappa shape index (κ1) is 18.5. The molecule has 1 N–H and O–H groups in total. The molecule has 0 spiro atoms. The van der Waals surface area contributed by atoms with Gasteiger partial charge in [0.25, 0.3) is 0 Å². The topological polar surface area (TPSA) is 40.5 Å². The van der Waals surface area contributed by atoms with Gasteiger partial charge in [-0.25, -0.2) is 9.18 Å². The number of carboxylic acid groups (broad SMARTS) is 1. The highest BCUT2D eigenvalue weighted by molar-refractivity contribution is 6.31. The maximum absolute atomic E-state index is 14.4. The van der Waals surface area contributed by atoms with Crippen LogP contribution in [0.3, 0.4) is 0 Å². The summed E-state index contributed by atoms with van der Waals surface area (Å²) in [4.78, 5) is 12.8. The second kappa shape index (κ2) is 6.79. The minimum atomic E-state index is -4.51. The van der Waals surface area contributed by atoms with E-state index >= 15 is 0 Å². The van der Waals surface area contributed by atoms with Gasteiger partial charge in [-0.2, -0.15) is 13.2 Å². The van der Waals surface area contributed by atoms with Gasteiger partial charge in [0.1, 0.15) is 5.82 Å². The van der Waals surface area contributed by atoms with Gasteiger partial charge in [-0.3, -0.25) is 0 Å². The fourth-order valence-corrected chi connectivity index (χ4v) is 3.43. The van der Waals surface area contributed by atoms with Crippen LogP contribution in [0.5, 0.6) is 0 Å². The van der Waals surface area contributed by atoms with Crippen LogP contribution in [0.1, 0.15) is 33.8 Å². The summed E-state index contributed by atoms with van der Waals surface area (Å²) in [7, 11) is 0. The maximum Gasteiger partial charge on any atom is 0.416 e. The molecule has 138 valence electrons. The fraction of sp³-hybridized carbons (Fsp3) is 0.278. The van der Waals surface area contributed by atoms with Crippen molar-refractivity contribution < 1.29 is 27.5 Å². The maximum atomic E-state index is 14.4. The molecule has 0 saturated carbocycles. The lowest BCUT2D eigenvalue weighted by atomic mass is 9.96. The zero-order chi connectivity index (χ0) is 19.1. The number of carbonyl (C=O) groups is 1. The van der Waals surface area contributed by atoms with E-state index in [-0.39, 0.29) is 23.0 Å². The van der Waals surface area contributed by atoms with Crippen LogP contribution in [-0.4, -0.2) is 24.2 Å². The first-order chi connectivity index (χ1) is 12.2. The van der Waals surface area contributed by atoms with E-state index in [0.717, 1.165) is 12.1 Å². The van der Waals surface area contributed by atoms with Gasteiger partial charge in [-0.15, -0.1) is 0 Å². The Morgan fingerprint density at radius 1 is 1.23 bits per heavy atom. The zero-order valence-electron chi connectivity index (χ0n) is 13.4. The van der Waals surface area contributed by atoms with Crippen molar-refractivity contribution in [1.29, 1.82) is 0 Å². The SMILES string of the molecule is O=C(O)c1cccc(C2CCN(c3cc(Cl)cc(C(F)(F)F)c3)C2)c1F. The van der Waals surface area contributed by atoms with Crippen molar-refractivity contribution in [2.45, 2.75) is 18.5 Å². The van der Waals surface area contributed by atoms with Crippen LogP contribution in [0.15, 0.2) is 36.4 Å². The van der Waals surface area contributed by atoms with Gasteiger partial charge in [-0.1, -0.05) is 23.7 Å². The Morgan fingerprint density at radius 2 is 1.96 bits per heavy atom. The number of hydrogen-bond donors (Lipinski definition) is 1. The summed E-state index contributed by atoms with van der Waals surface area (Å²) in [5.74, 6) is -2.47. The fourth-order valence-electron chi connectivity index (χ4n) is 3.20. The summed E-state index contributed by atoms with van der Waals surface area (Å²) >= 11 is 5.82. The van der Waals surface area contributed by atoms with Crippen molar-refractivity contribution in [2.75, 3.05) is 18.0 Å². The largest absolute Gasteiger partial charge is 0.478 e. The van der Waals surface area contributed by atoms with Gasteiger partial charge < -0.3 is 10.0 Å². The molecule has 1 atom stereocenters. The van der Waals surface area contributed by atoms with E-state index in [9.17, 15) is 22.4 Å². The first-order valence-electron chi connectivity index (χ1n) is 7.81. The quantitative estimate of drug-likeness (QED) is 0.737. The molecule has 0 aromatic heterocycles. The number of rotatable bonds is 3. The van der Waals surface area contributed by atoms with Gasteiger partial charge in [0.2, 0.25) is 0 Å². The molecule has 3 nitrogen and oxygen atoms in total. The van der Waals surface area contributed by atoms with Gasteiger partial charge >= 0.3 is 12.1 Å². The van der Waals surface area contributed by atoms with Crippen LogP contribution in [-0.2, 0) is 6.18 Å². The molecule has 2 aromatic carbocycles. The van der Waals surface area contributed by atoms with Crippen molar-refractivity contribution in [3.8, 4) is 0 Å². The first-order valence-corrected chi connectivity index (χ1v) is 8.19. The van der Waals surface area contributed by atoms with Crippen molar-refractivity contribution in [2.24, 2.45) is 0 Å². The number of carboxylic acids is 1. The molecule has 3 rings (SSSR count). The molecular weight excluding hydrogens is 374 g/mol. The number of anilines is 1. The average molecular weight is 388 g/mol. The van der Waals surface area contributed by atoms with Crippen LogP contribution >= 0.6 is 11.6 Å². The Balaban J connectivity index is 1.87. The molecule has 26 heavy (non-hydrogen) atoms. The van der Waals surface area contributed by atoms with Crippen LogP contribution in [0.25, 0.3) is 0 Å². The molecule has 0 aliphatic carbocycles. The predicted octanol–water partition coefficient (Wildman–Crippen LogP) is 5.19. The number of aromatic carboxylic acids is 1. The van der Waals surface area contributed by atoms with E-state index in [1.54, 1.807) is 4.90 Å². The molecule has 1 heterocycles. The summed E-state index contributed by atoms with van der Waals surface area (Å²) in [6.45, 7) is 0.691. The minimum Gasteiger partial charge on any atom is -0.478 e. The molecule has 1 saturated heterocycles. The molecule has 1 fully saturated rings. The van der Waals surface area contributed by atoms with Gasteiger partial charge in [-0.05, 0) is 36.2 Å². The lowest BCUT2D eigenvalue weighted by Crippen LogP contribution is -2.20. The molecule has 0 bridgehead atoms. The third kappa shape index (κ3) is 3.62. The van der Waals surface area contributed by atoms with Gasteiger partial charge in [0.05, 0.1) is 11.1 Å². The van der Waals surface area contributed by atoms with Crippen molar-refractivity contribution in [1.82, 2.24) is 0 Å². The van der Waals surface area contributed by atoms with Crippen molar-refractivity contribution in [3.05, 3.63) is 63.9 Å². The molecule has 8 heteroatoms. The Morgan fingerprint density at radius 3 is 2.62 bits per heavy atom. The molecule has 1 unspecified atom stereocenters. The van der Waals surface area contributed by atoms with Crippen LogP contribution in [0, 0.1) is 5.82 Å². The second-order valence-electron chi connectivity index (χ2n) is 6.14. The average Bonchev–Trinajstić information content (AvgIpc) is 3.03. The molecule has 0 radical (unpaired) electrons. The molecular formula is C18H14ClF4NO2. The van der Waals surface area contributed by atoms with Crippen LogP contribution in [0.4, 0.5) is 23.2 Å². The zero-order valence-corrected chi connectivity index (χ0v) is 14.1. The van der Waals surface area contributed by atoms with Crippen LogP contribution < -0.4 is 4.90 Å². The van der Waals surface area contributed by atoms with Gasteiger partial charge in [0.15, 0.2) is 0 Å². The summed E-state index contributed by atoms with van der Waals surface area (Å²) in [5.41, 5.74) is -0.696. The Bertz CT molecular complexity index is 854. The Kier molecular flexibility index (Phi) is 4.84. The van der Waals surface area contributed by atoms with Crippen molar-refractivity contribution in [3.63, 3.8) is 0 Å². The van der Waals surface area contributed by atoms with Crippen molar-refractivity contribution >= 4 is 23.3 Å². The Labute approximate surface area is 151 Å². The number of nitrogens with zero attached hydrogens (tertiary/aromatic N) is 1. The van der Waals surface area contributed by atoms with Crippen LogP contribution in [0.2, 0.25) is 5.02 Å². The summed E-state index contributed by atoms with van der Waals surface area (Å²) < 4.78 is 53.3. The number of hydrogen-bond acceptors (Lipinski definition) is 2. The van der Waals surface area contributed by atoms with E-state index < -0.39 is 29.1 Å². The second-order valence-corrected chi connectivity index (χ2v) is 6.58. The third-order valence-corrected chi connectivity index (χ3v) is 4.68. The van der Waals surface area contributed by atoms with E-state index in [2.05, 4.69) is 0 Å². The number of halogens is 5. The minimum absolute atomic E-state index is 0.0302. The Hall–Kier alpha value is -2.28. The molecule has 2 aromatic rings. The highest BCUT2D eigenvalue weighted by Crippen LogP contribution is 2.37. The highest BCUT2D eigenvalue weighted by atomic mass is 35.5. The number of alkyl halides is 3. The van der Waals surface area contributed by atoms with Gasteiger partial charge in [0, 0.05) is 29.7 Å². The summed E-state index contributed by atoms with van der Waals surface area (Å²) in [6.07, 6.45) is -4.02. The third-order valence-electron chi connectivity index (χ3n) is 4.46. The molecule has 0 amide bonds.